The van der Waals surface area contributed by atoms with Crippen molar-refractivity contribution in [2.24, 2.45) is 5.92 Å². The van der Waals surface area contributed by atoms with Crippen molar-refractivity contribution >= 4 is 37.8 Å². The van der Waals surface area contributed by atoms with Crippen molar-refractivity contribution < 1.29 is 9.90 Å². The highest BCUT2D eigenvalue weighted by Gasteiger charge is 2.32. The van der Waals surface area contributed by atoms with E-state index in [0.717, 1.165) is 15.5 Å². The second-order valence-electron chi connectivity index (χ2n) is 4.01. The molecule has 1 aliphatic heterocycles. The highest BCUT2D eigenvalue weighted by molar-refractivity contribution is 9.11. The smallest absolute Gasteiger partial charge is 0.309 e. The van der Waals surface area contributed by atoms with Gasteiger partial charge in [0.15, 0.2) is 0 Å². The third kappa shape index (κ3) is 2.84. The van der Waals surface area contributed by atoms with Crippen LogP contribution in [0.5, 0.6) is 0 Å². The van der Waals surface area contributed by atoms with Crippen LogP contribution in [0.15, 0.2) is 27.1 Å². The summed E-state index contributed by atoms with van der Waals surface area (Å²) in [5, 5.41) is 8.76. The van der Waals surface area contributed by atoms with Gasteiger partial charge in [0.1, 0.15) is 0 Å². The minimum atomic E-state index is -0.688. The molecule has 3 nitrogen and oxygen atoms in total. The van der Waals surface area contributed by atoms with E-state index in [0.29, 0.717) is 13.1 Å². The van der Waals surface area contributed by atoms with Gasteiger partial charge in [-0.1, -0.05) is 31.9 Å². The molecule has 16 heavy (non-hydrogen) atoms. The van der Waals surface area contributed by atoms with Crippen LogP contribution in [-0.2, 0) is 11.3 Å². The Morgan fingerprint density at radius 3 is 2.38 bits per heavy atom. The van der Waals surface area contributed by atoms with Crippen molar-refractivity contribution in [3.63, 3.8) is 0 Å². The summed E-state index contributed by atoms with van der Waals surface area (Å²) < 4.78 is 2.07. The number of aliphatic carboxylic acids is 1. The molecule has 0 spiro atoms. The number of carbonyl (C=O) groups is 1. The molecule has 1 heterocycles. The average Bonchev–Trinajstić information content (AvgIpc) is 2.08. The van der Waals surface area contributed by atoms with Gasteiger partial charge in [0.05, 0.1) is 5.92 Å². The quantitative estimate of drug-likeness (QED) is 0.913. The number of benzene rings is 1. The largest absolute Gasteiger partial charge is 0.481 e. The topological polar surface area (TPSA) is 40.5 Å². The van der Waals surface area contributed by atoms with Crippen molar-refractivity contribution in [1.82, 2.24) is 4.90 Å². The molecule has 0 bridgehead atoms. The molecule has 5 heteroatoms. The molecular weight excluding hydrogens is 338 g/mol. The van der Waals surface area contributed by atoms with Crippen molar-refractivity contribution in [2.45, 2.75) is 6.54 Å². The summed E-state index contributed by atoms with van der Waals surface area (Å²) >= 11 is 6.87. The van der Waals surface area contributed by atoms with E-state index in [1.54, 1.807) is 0 Å². The summed E-state index contributed by atoms with van der Waals surface area (Å²) in [6, 6.07) is 6.09. The lowest BCUT2D eigenvalue weighted by Crippen LogP contribution is -2.49. The van der Waals surface area contributed by atoms with Crippen LogP contribution in [0.1, 0.15) is 5.56 Å². The summed E-state index contributed by atoms with van der Waals surface area (Å²) in [7, 11) is 0. The van der Waals surface area contributed by atoms with Crippen LogP contribution in [0.25, 0.3) is 0 Å². The van der Waals surface area contributed by atoms with Crippen molar-refractivity contribution in [3.05, 3.63) is 32.7 Å². The fourth-order valence-corrected chi connectivity index (χ4v) is 3.20. The van der Waals surface area contributed by atoms with Gasteiger partial charge in [-0.05, 0) is 23.8 Å². The summed E-state index contributed by atoms with van der Waals surface area (Å²) in [5.74, 6) is -0.873. The second-order valence-corrected chi connectivity index (χ2v) is 5.84. The molecule has 1 saturated heterocycles. The monoisotopic (exact) mass is 347 g/mol. The Bertz CT molecular complexity index is 396. The molecule has 0 aromatic heterocycles. The van der Waals surface area contributed by atoms with Gasteiger partial charge in [-0.3, -0.25) is 9.69 Å². The summed E-state index contributed by atoms with van der Waals surface area (Å²) in [5.41, 5.74) is 1.19. The molecule has 1 aromatic carbocycles. The Balaban J connectivity index is 1.94. The maximum atomic E-state index is 10.6. The van der Waals surface area contributed by atoms with Crippen LogP contribution in [0.2, 0.25) is 0 Å². The molecule has 0 amide bonds. The number of rotatable bonds is 3. The molecule has 2 rings (SSSR count). The van der Waals surface area contributed by atoms with E-state index in [1.807, 2.05) is 6.07 Å². The summed E-state index contributed by atoms with van der Waals surface area (Å²) in [4.78, 5) is 12.8. The van der Waals surface area contributed by atoms with E-state index in [9.17, 15) is 4.79 Å². The van der Waals surface area contributed by atoms with Crippen molar-refractivity contribution in [3.8, 4) is 0 Å². The minimum Gasteiger partial charge on any atom is -0.481 e. The number of hydrogen-bond donors (Lipinski definition) is 1. The highest BCUT2D eigenvalue weighted by Crippen LogP contribution is 2.24. The first kappa shape index (κ1) is 12.1. The standard InChI is InChI=1S/C11H11Br2NO2/c12-9-1-7(2-10(13)3-9)4-14-5-8(6-14)11(15)16/h1-3,8H,4-6H2,(H,15,16). The molecule has 0 atom stereocenters. The SMILES string of the molecule is O=C(O)C1CN(Cc2cc(Br)cc(Br)c2)C1. The molecule has 0 saturated carbocycles. The van der Waals surface area contributed by atoms with Gasteiger partial charge in [0.2, 0.25) is 0 Å². The van der Waals surface area contributed by atoms with Crippen LogP contribution in [0.4, 0.5) is 0 Å². The predicted octanol–water partition coefficient (Wildman–Crippen LogP) is 2.73. The molecular formula is C11H11Br2NO2. The van der Waals surface area contributed by atoms with Gasteiger partial charge >= 0.3 is 5.97 Å². The number of carboxylic acid groups (broad SMARTS) is 1. The maximum absolute atomic E-state index is 10.6. The van der Waals surface area contributed by atoms with Crippen LogP contribution >= 0.6 is 31.9 Å². The number of carboxylic acids is 1. The van der Waals surface area contributed by atoms with Crippen LogP contribution in [0.3, 0.4) is 0 Å². The molecule has 0 unspecified atom stereocenters. The van der Waals surface area contributed by atoms with Gasteiger partial charge in [0.25, 0.3) is 0 Å². The fourth-order valence-electron chi connectivity index (χ4n) is 1.82. The zero-order valence-corrected chi connectivity index (χ0v) is 11.7. The molecule has 0 aliphatic carbocycles. The van der Waals surface area contributed by atoms with Crippen molar-refractivity contribution in [1.29, 1.82) is 0 Å². The van der Waals surface area contributed by atoms with E-state index >= 15 is 0 Å². The van der Waals surface area contributed by atoms with Crippen LogP contribution in [-0.4, -0.2) is 29.1 Å². The van der Waals surface area contributed by atoms with Gasteiger partial charge in [-0.15, -0.1) is 0 Å². The lowest BCUT2D eigenvalue weighted by Gasteiger charge is -2.36. The molecule has 1 aromatic rings. The van der Waals surface area contributed by atoms with Gasteiger partial charge in [-0.25, -0.2) is 0 Å². The van der Waals surface area contributed by atoms with Gasteiger partial charge < -0.3 is 5.11 Å². The molecule has 1 aliphatic rings. The van der Waals surface area contributed by atoms with Gasteiger partial charge in [0, 0.05) is 28.6 Å². The molecule has 1 fully saturated rings. The Hall–Kier alpha value is -0.390. The lowest BCUT2D eigenvalue weighted by molar-refractivity contribution is -0.147. The van der Waals surface area contributed by atoms with Gasteiger partial charge in [-0.2, -0.15) is 0 Å². The number of likely N-dealkylation sites (tertiary alicyclic amines) is 1. The molecule has 1 N–H and O–H groups in total. The summed E-state index contributed by atoms with van der Waals surface area (Å²) in [6.45, 7) is 2.11. The minimum absolute atomic E-state index is 0.185. The zero-order chi connectivity index (χ0) is 11.7. The highest BCUT2D eigenvalue weighted by atomic mass is 79.9. The normalized spacial score (nSPS) is 17.1. The first-order valence-corrected chi connectivity index (χ1v) is 6.53. The fraction of sp³-hybridized carbons (Fsp3) is 0.364. The Morgan fingerprint density at radius 1 is 1.31 bits per heavy atom. The first-order valence-electron chi connectivity index (χ1n) is 4.95. The number of hydrogen-bond acceptors (Lipinski definition) is 2. The van der Waals surface area contributed by atoms with E-state index in [4.69, 9.17) is 5.11 Å². The third-order valence-corrected chi connectivity index (χ3v) is 3.55. The van der Waals surface area contributed by atoms with E-state index in [1.165, 1.54) is 5.56 Å². The summed E-state index contributed by atoms with van der Waals surface area (Å²) in [6.07, 6.45) is 0. The van der Waals surface area contributed by atoms with E-state index < -0.39 is 5.97 Å². The van der Waals surface area contributed by atoms with Crippen molar-refractivity contribution in [2.75, 3.05) is 13.1 Å². The number of halogens is 2. The second kappa shape index (κ2) is 4.85. The van der Waals surface area contributed by atoms with Crippen LogP contribution in [0, 0.1) is 5.92 Å². The maximum Gasteiger partial charge on any atom is 0.309 e. The van der Waals surface area contributed by atoms with Crippen LogP contribution < -0.4 is 0 Å². The average molecular weight is 349 g/mol. The Labute approximate surface area is 111 Å². The number of nitrogens with zero attached hydrogens (tertiary/aromatic N) is 1. The van der Waals surface area contributed by atoms with E-state index in [2.05, 4.69) is 48.9 Å². The Kier molecular flexibility index (Phi) is 3.66. The zero-order valence-electron chi connectivity index (χ0n) is 8.49. The Morgan fingerprint density at radius 2 is 1.88 bits per heavy atom. The first-order chi connectivity index (χ1) is 7.54. The van der Waals surface area contributed by atoms with E-state index in [-0.39, 0.29) is 5.92 Å². The molecule has 86 valence electrons. The predicted molar refractivity (Wildman–Crippen MR) is 68.2 cm³/mol. The lowest BCUT2D eigenvalue weighted by atomic mass is 10.00. The third-order valence-electron chi connectivity index (χ3n) is 2.63. The molecule has 0 radical (unpaired) electrons.